The van der Waals surface area contributed by atoms with Crippen LogP contribution in [0, 0.1) is 11.8 Å². The van der Waals surface area contributed by atoms with Crippen molar-refractivity contribution in [2.45, 2.75) is 32.2 Å². The Morgan fingerprint density at radius 2 is 2.29 bits per heavy atom. The summed E-state index contributed by atoms with van der Waals surface area (Å²) in [6.07, 6.45) is 1.66. The van der Waals surface area contributed by atoms with Crippen molar-refractivity contribution in [1.82, 2.24) is 4.90 Å². The average molecular weight is 195 g/mol. The molecule has 1 fully saturated rings. The van der Waals surface area contributed by atoms with Gasteiger partial charge in [0.05, 0.1) is 6.42 Å². The van der Waals surface area contributed by atoms with Crippen LogP contribution in [0.2, 0.25) is 0 Å². The number of nitrogens with zero attached hydrogens (tertiary/aromatic N) is 1. The van der Waals surface area contributed by atoms with E-state index < -0.39 is 5.97 Å². The first-order valence-corrected chi connectivity index (χ1v) is 4.60. The summed E-state index contributed by atoms with van der Waals surface area (Å²) in [6, 6.07) is -0.166. The van der Waals surface area contributed by atoms with Crippen LogP contribution >= 0.6 is 0 Å². The van der Waals surface area contributed by atoms with E-state index in [4.69, 9.17) is 5.11 Å². The van der Waals surface area contributed by atoms with Crippen molar-refractivity contribution < 1.29 is 14.7 Å². The van der Waals surface area contributed by atoms with Gasteiger partial charge in [-0.05, 0) is 25.7 Å². The number of amides is 1. The molecule has 0 aromatic heterocycles. The molecule has 1 saturated heterocycles. The number of hydrogen-bond acceptors (Lipinski definition) is 2. The average Bonchev–Trinajstić information content (AvgIpc) is 2.51. The van der Waals surface area contributed by atoms with E-state index in [1.807, 2.05) is 0 Å². The van der Waals surface area contributed by atoms with Crippen LogP contribution in [0.15, 0.2) is 0 Å². The summed E-state index contributed by atoms with van der Waals surface area (Å²) < 4.78 is 0. The summed E-state index contributed by atoms with van der Waals surface area (Å²) >= 11 is 0. The summed E-state index contributed by atoms with van der Waals surface area (Å²) in [7, 11) is 0. The number of carboxylic acids is 1. The third kappa shape index (κ3) is 2.49. The van der Waals surface area contributed by atoms with Gasteiger partial charge in [0, 0.05) is 12.6 Å². The number of carbonyl (C=O) groups is 2. The molecule has 76 valence electrons. The van der Waals surface area contributed by atoms with Crippen LogP contribution in [-0.2, 0) is 9.59 Å². The molecule has 1 aliphatic heterocycles. The van der Waals surface area contributed by atoms with Crippen molar-refractivity contribution in [3.63, 3.8) is 0 Å². The van der Waals surface area contributed by atoms with Gasteiger partial charge < -0.3 is 10.0 Å². The molecule has 1 rings (SSSR count). The minimum Gasteiger partial charge on any atom is -0.481 e. The van der Waals surface area contributed by atoms with Gasteiger partial charge in [-0.3, -0.25) is 9.59 Å². The highest BCUT2D eigenvalue weighted by Gasteiger charge is 2.29. The lowest BCUT2D eigenvalue weighted by molar-refractivity contribution is -0.139. The molecule has 1 atom stereocenters. The van der Waals surface area contributed by atoms with Crippen LogP contribution in [0.4, 0.5) is 0 Å². The largest absolute Gasteiger partial charge is 0.481 e. The molecule has 4 heteroatoms. The third-order valence-corrected chi connectivity index (χ3v) is 2.28. The van der Waals surface area contributed by atoms with Gasteiger partial charge in [0.1, 0.15) is 0 Å². The van der Waals surface area contributed by atoms with E-state index in [0.29, 0.717) is 6.54 Å². The Kier molecular flexibility index (Phi) is 3.52. The van der Waals surface area contributed by atoms with Gasteiger partial charge in [-0.1, -0.05) is 5.92 Å². The molecule has 0 bridgehead atoms. The molecular weight excluding hydrogens is 182 g/mol. The lowest BCUT2D eigenvalue weighted by Crippen LogP contribution is -2.35. The normalized spacial score (nSPS) is 20.1. The van der Waals surface area contributed by atoms with Crippen molar-refractivity contribution >= 4 is 11.9 Å². The Bertz CT molecular complexity index is 300. The second-order valence-corrected chi connectivity index (χ2v) is 3.27. The van der Waals surface area contributed by atoms with E-state index in [0.717, 1.165) is 12.8 Å². The standard InChI is InChI=1S/C10H13NO3/c1-2-4-9(12)11-6-3-5-8(11)7-10(13)14/h8H,3,5-7H2,1H3,(H,13,14). The lowest BCUT2D eigenvalue weighted by Gasteiger charge is -2.20. The zero-order valence-electron chi connectivity index (χ0n) is 8.12. The molecule has 1 N–H and O–H groups in total. The molecule has 0 aromatic carbocycles. The first-order valence-electron chi connectivity index (χ1n) is 4.60. The van der Waals surface area contributed by atoms with Crippen LogP contribution in [-0.4, -0.2) is 34.5 Å². The highest BCUT2D eigenvalue weighted by molar-refractivity contribution is 5.94. The Balaban J connectivity index is 2.62. The molecule has 4 nitrogen and oxygen atoms in total. The fourth-order valence-electron chi connectivity index (χ4n) is 1.70. The second-order valence-electron chi connectivity index (χ2n) is 3.27. The quantitative estimate of drug-likeness (QED) is 0.652. The topological polar surface area (TPSA) is 57.6 Å². The molecule has 0 saturated carbocycles. The van der Waals surface area contributed by atoms with Crippen LogP contribution in [0.1, 0.15) is 26.2 Å². The first-order chi connectivity index (χ1) is 6.65. The lowest BCUT2D eigenvalue weighted by atomic mass is 10.1. The molecule has 14 heavy (non-hydrogen) atoms. The van der Waals surface area contributed by atoms with Crippen molar-refractivity contribution in [1.29, 1.82) is 0 Å². The fourth-order valence-corrected chi connectivity index (χ4v) is 1.70. The summed E-state index contributed by atoms with van der Waals surface area (Å²) in [5.41, 5.74) is 0. The Morgan fingerprint density at radius 3 is 2.86 bits per heavy atom. The molecular formula is C10H13NO3. The number of rotatable bonds is 2. The van der Waals surface area contributed by atoms with Gasteiger partial charge in [0.2, 0.25) is 0 Å². The highest BCUT2D eigenvalue weighted by Crippen LogP contribution is 2.19. The smallest absolute Gasteiger partial charge is 0.305 e. The Labute approximate surface area is 82.9 Å². The molecule has 1 amide bonds. The third-order valence-electron chi connectivity index (χ3n) is 2.28. The molecule has 0 radical (unpaired) electrons. The van der Waals surface area contributed by atoms with E-state index in [2.05, 4.69) is 11.8 Å². The molecule has 1 unspecified atom stereocenters. The van der Waals surface area contributed by atoms with Crippen molar-refractivity contribution in [2.24, 2.45) is 0 Å². The molecule has 0 aliphatic carbocycles. The number of likely N-dealkylation sites (tertiary alicyclic amines) is 1. The monoisotopic (exact) mass is 195 g/mol. The zero-order chi connectivity index (χ0) is 10.6. The maximum Gasteiger partial charge on any atom is 0.305 e. The minimum absolute atomic E-state index is 0.0249. The van der Waals surface area contributed by atoms with E-state index >= 15 is 0 Å². The maximum atomic E-state index is 11.4. The predicted octanol–water partition coefficient (Wildman–Crippen LogP) is 0.475. The Morgan fingerprint density at radius 1 is 1.57 bits per heavy atom. The summed E-state index contributed by atoms with van der Waals surface area (Å²) in [6.45, 7) is 2.23. The molecule has 0 spiro atoms. The van der Waals surface area contributed by atoms with Gasteiger partial charge >= 0.3 is 5.97 Å². The highest BCUT2D eigenvalue weighted by atomic mass is 16.4. The molecule has 0 aromatic rings. The molecule has 1 heterocycles. The summed E-state index contributed by atoms with van der Waals surface area (Å²) in [5, 5.41) is 8.63. The van der Waals surface area contributed by atoms with Gasteiger partial charge in [-0.25, -0.2) is 0 Å². The second kappa shape index (κ2) is 4.66. The predicted molar refractivity (Wildman–Crippen MR) is 50.4 cm³/mol. The van der Waals surface area contributed by atoms with Crippen LogP contribution in [0.25, 0.3) is 0 Å². The number of carboxylic acid groups (broad SMARTS) is 1. The summed E-state index contributed by atoms with van der Waals surface area (Å²) in [5.74, 6) is 3.85. The van der Waals surface area contributed by atoms with Crippen LogP contribution in [0.3, 0.4) is 0 Å². The van der Waals surface area contributed by atoms with E-state index in [1.165, 1.54) is 0 Å². The van der Waals surface area contributed by atoms with E-state index in [9.17, 15) is 9.59 Å². The van der Waals surface area contributed by atoms with Crippen molar-refractivity contribution in [2.75, 3.05) is 6.54 Å². The fraction of sp³-hybridized carbons (Fsp3) is 0.600. The Hall–Kier alpha value is -1.50. The van der Waals surface area contributed by atoms with E-state index in [-0.39, 0.29) is 18.4 Å². The van der Waals surface area contributed by atoms with E-state index in [1.54, 1.807) is 11.8 Å². The van der Waals surface area contributed by atoms with Gasteiger partial charge in [0.25, 0.3) is 5.91 Å². The zero-order valence-corrected chi connectivity index (χ0v) is 8.12. The number of aliphatic carboxylic acids is 1. The van der Waals surface area contributed by atoms with Crippen molar-refractivity contribution in [3.8, 4) is 11.8 Å². The van der Waals surface area contributed by atoms with Crippen LogP contribution < -0.4 is 0 Å². The minimum atomic E-state index is -0.862. The maximum absolute atomic E-state index is 11.4. The number of carbonyl (C=O) groups excluding carboxylic acids is 1. The molecule has 1 aliphatic rings. The number of hydrogen-bond donors (Lipinski definition) is 1. The first kappa shape index (κ1) is 10.6. The van der Waals surface area contributed by atoms with Crippen LogP contribution in [0.5, 0.6) is 0 Å². The SMILES string of the molecule is CC#CC(=O)N1CCCC1CC(=O)O. The van der Waals surface area contributed by atoms with Crippen molar-refractivity contribution in [3.05, 3.63) is 0 Å². The summed E-state index contributed by atoms with van der Waals surface area (Å²) in [4.78, 5) is 23.5. The van der Waals surface area contributed by atoms with Gasteiger partial charge in [-0.15, -0.1) is 0 Å². The van der Waals surface area contributed by atoms with Gasteiger partial charge in [-0.2, -0.15) is 0 Å². The van der Waals surface area contributed by atoms with Gasteiger partial charge in [0.15, 0.2) is 0 Å².